The van der Waals surface area contributed by atoms with Gasteiger partial charge in [-0.2, -0.15) is 0 Å². The number of anilines is 3. The maximum Gasteiger partial charge on any atom is 0.325 e. The lowest BCUT2D eigenvalue weighted by Gasteiger charge is -2.19. The fourth-order valence-corrected chi connectivity index (χ4v) is 4.59. The van der Waals surface area contributed by atoms with Gasteiger partial charge in [0.1, 0.15) is 13.1 Å². The van der Waals surface area contributed by atoms with Crippen LogP contribution < -0.4 is 15.5 Å². The molecule has 2 aromatic rings. The van der Waals surface area contributed by atoms with E-state index in [1.807, 2.05) is 13.8 Å². The summed E-state index contributed by atoms with van der Waals surface area (Å²) in [6, 6.07) is 10.0. The van der Waals surface area contributed by atoms with Gasteiger partial charge in [-0.25, -0.2) is 4.84 Å². The molecular formula is C27H33N4O8+. The summed E-state index contributed by atoms with van der Waals surface area (Å²) in [5.41, 5.74) is 7.99. The number of esters is 2. The van der Waals surface area contributed by atoms with Crippen LogP contribution in [0, 0.1) is 4.91 Å². The highest BCUT2D eigenvalue weighted by Gasteiger charge is 2.46. The van der Waals surface area contributed by atoms with Crippen molar-refractivity contribution in [1.29, 1.82) is 0 Å². The Morgan fingerprint density at radius 2 is 1.23 bits per heavy atom. The van der Waals surface area contributed by atoms with Crippen molar-refractivity contribution in [3.8, 4) is 0 Å². The Morgan fingerprint density at radius 3 is 1.67 bits per heavy atom. The van der Waals surface area contributed by atoms with E-state index in [9.17, 15) is 24.1 Å². The molecule has 0 fully saturated rings. The zero-order chi connectivity index (χ0) is 29.3. The number of nitrogens with zero attached hydrogens (tertiary/aromatic N) is 3. The highest BCUT2D eigenvalue weighted by molar-refractivity contribution is 6.10. The van der Waals surface area contributed by atoms with Crippen LogP contribution in [0.25, 0.3) is 0 Å². The highest BCUT2D eigenvalue weighted by Crippen LogP contribution is 2.43. The van der Waals surface area contributed by atoms with Crippen LogP contribution in [0.15, 0.2) is 36.4 Å². The lowest BCUT2D eigenvalue weighted by Crippen LogP contribution is -2.39. The molecule has 39 heavy (non-hydrogen) atoms. The quantitative estimate of drug-likeness (QED) is 0.331. The lowest BCUT2D eigenvalue weighted by molar-refractivity contribution is -0.736. The van der Waals surface area contributed by atoms with Crippen molar-refractivity contribution >= 4 is 46.5 Å². The van der Waals surface area contributed by atoms with Crippen LogP contribution in [0.1, 0.15) is 38.8 Å². The van der Waals surface area contributed by atoms with E-state index in [-0.39, 0.29) is 30.6 Å². The van der Waals surface area contributed by atoms with Gasteiger partial charge >= 0.3 is 17.6 Å². The molecule has 2 heterocycles. The van der Waals surface area contributed by atoms with Gasteiger partial charge in [0.05, 0.1) is 30.0 Å². The highest BCUT2D eigenvalue weighted by atomic mass is 16.8. The lowest BCUT2D eigenvalue weighted by atomic mass is 9.86. The fraction of sp³-hybridized carbons (Fsp3) is 0.407. The molecule has 0 aromatic heterocycles. The Bertz CT molecular complexity index is 1350. The number of carbonyl (C=O) groups is 4. The molecule has 2 N–H and O–H groups in total. The molecule has 208 valence electrons. The number of hydrogen-bond acceptors (Lipinski definition) is 9. The van der Waals surface area contributed by atoms with E-state index < -0.39 is 22.8 Å². The molecule has 2 aliphatic rings. The van der Waals surface area contributed by atoms with E-state index in [4.69, 9.17) is 5.73 Å². The second kappa shape index (κ2) is 10.7. The second-order valence-corrected chi connectivity index (χ2v) is 10.1. The monoisotopic (exact) mass is 541 g/mol. The molecule has 4 rings (SSSR count). The van der Waals surface area contributed by atoms with Gasteiger partial charge in [-0.05, 0) is 63.1 Å². The van der Waals surface area contributed by atoms with Crippen molar-refractivity contribution in [2.45, 2.75) is 38.5 Å². The number of fused-ring (bicyclic) bond motifs is 2. The van der Waals surface area contributed by atoms with Gasteiger partial charge in [-0.15, -0.1) is 0 Å². The zero-order valence-corrected chi connectivity index (χ0v) is 23.1. The first-order valence-electron chi connectivity index (χ1n) is 12.0. The SMILES string of the molecule is COC(=O)CN1C(=O)C(C)(C)c2cc(N)ccc21.COC(=O)CN1C(=O)C(C)(C)c2cc([N+](=O)OC)ccc21. The predicted molar refractivity (Wildman–Crippen MR) is 142 cm³/mol. The Balaban J connectivity index is 0.000000218. The molecule has 0 bridgehead atoms. The molecule has 12 heteroatoms. The van der Waals surface area contributed by atoms with Gasteiger partial charge in [-0.3, -0.25) is 19.2 Å². The standard InChI is InChI=1S/C14H17N2O5.C13H16N2O3/c1-14(2)10-7-9(16(19)21-4)5-6-11(10)15(13(14)18)8-12(17)20-3;1-13(2)9-6-8(14)4-5-10(9)15(12(13)17)7-11(16)18-3/h5-7H,8H2,1-4H3;4-6H,7,14H2,1-3H3/q+1;. The van der Waals surface area contributed by atoms with E-state index in [1.165, 1.54) is 37.2 Å². The van der Waals surface area contributed by atoms with E-state index in [2.05, 4.69) is 14.3 Å². The van der Waals surface area contributed by atoms with Crippen LogP contribution in [0.3, 0.4) is 0 Å². The number of methoxy groups -OCH3 is 2. The Hall–Kier alpha value is -4.48. The summed E-state index contributed by atoms with van der Waals surface area (Å²) in [4.78, 5) is 66.9. The third kappa shape index (κ3) is 5.27. The summed E-state index contributed by atoms with van der Waals surface area (Å²) in [7, 11) is 3.84. The summed E-state index contributed by atoms with van der Waals surface area (Å²) in [5, 5.41) is 0. The van der Waals surface area contributed by atoms with E-state index >= 15 is 0 Å². The number of ether oxygens (including phenoxy) is 2. The van der Waals surface area contributed by atoms with E-state index in [0.29, 0.717) is 21.9 Å². The minimum Gasteiger partial charge on any atom is -0.468 e. The third-order valence-electron chi connectivity index (χ3n) is 6.90. The van der Waals surface area contributed by atoms with Crippen LogP contribution in [0.5, 0.6) is 0 Å². The van der Waals surface area contributed by atoms with Gasteiger partial charge < -0.3 is 25.0 Å². The van der Waals surface area contributed by atoms with E-state index in [1.54, 1.807) is 44.2 Å². The zero-order valence-electron chi connectivity index (χ0n) is 23.1. The van der Waals surface area contributed by atoms with Crippen molar-refractivity contribution in [3.63, 3.8) is 0 Å². The topological polar surface area (TPSA) is 149 Å². The summed E-state index contributed by atoms with van der Waals surface area (Å²) in [6.45, 7) is 6.91. The number of nitrogens with two attached hydrogens (primary N) is 1. The van der Waals surface area contributed by atoms with Gasteiger partial charge in [0.2, 0.25) is 11.8 Å². The summed E-state index contributed by atoms with van der Waals surface area (Å²) in [5.74, 6) is -1.27. The first-order chi connectivity index (χ1) is 18.2. The van der Waals surface area contributed by atoms with Crippen LogP contribution >= 0.6 is 0 Å². The molecule has 2 amide bonds. The minimum atomic E-state index is -0.825. The number of amides is 2. The van der Waals surface area contributed by atoms with Crippen LogP contribution in [0.2, 0.25) is 0 Å². The van der Waals surface area contributed by atoms with Crippen molar-refractivity contribution in [2.75, 3.05) is 50.0 Å². The fourth-order valence-electron chi connectivity index (χ4n) is 4.59. The molecule has 0 saturated heterocycles. The van der Waals surface area contributed by atoms with Crippen LogP contribution in [0.4, 0.5) is 22.7 Å². The first kappa shape index (κ1) is 29.1. The molecule has 2 aliphatic heterocycles. The van der Waals surface area contributed by atoms with Crippen molar-refractivity contribution in [3.05, 3.63) is 52.4 Å². The number of nitrogen functional groups attached to an aromatic ring is 1. The predicted octanol–water partition coefficient (Wildman–Crippen LogP) is 2.52. The molecule has 0 aliphatic carbocycles. The summed E-state index contributed by atoms with van der Waals surface area (Å²) < 4.78 is 9.22. The van der Waals surface area contributed by atoms with Gasteiger partial charge in [0.15, 0.2) is 7.11 Å². The van der Waals surface area contributed by atoms with Crippen molar-refractivity contribution < 1.29 is 38.4 Å². The number of rotatable bonds is 6. The number of carbonyl (C=O) groups excluding carboxylic acids is 4. The third-order valence-corrected chi connectivity index (χ3v) is 6.90. The molecule has 0 spiro atoms. The minimum absolute atomic E-state index is 0.0737. The maximum absolute atomic E-state index is 12.5. The smallest absolute Gasteiger partial charge is 0.325 e. The van der Waals surface area contributed by atoms with E-state index in [0.717, 1.165) is 11.3 Å². The Kier molecular flexibility index (Phi) is 7.99. The number of benzene rings is 2. The van der Waals surface area contributed by atoms with Crippen molar-refractivity contribution in [1.82, 2.24) is 0 Å². The molecule has 0 saturated carbocycles. The molecule has 0 atom stereocenters. The largest absolute Gasteiger partial charge is 0.468 e. The summed E-state index contributed by atoms with van der Waals surface area (Å²) >= 11 is 0. The Labute approximate surface area is 226 Å². The van der Waals surface area contributed by atoms with Crippen LogP contribution in [-0.4, -0.2) is 63.1 Å². The normalized spacial score (nSPS) is 16.1. The maximum atomic E-state index is 12.5. The summed E-state index contributed by atoms with van der Waals surface area (Å²) in [6.07, 6.45) is 0. The van der Waals surface area contributed by atoms with Crippen molar-refractivity contribution in [2.24, 2.45) is 0 Å². The van der Waals surface area contributed by atoms with Gasteiger partial charge in [0, 0.05) is 29.2 Å². The van der Waals surface area contributed by atoms with Crippen LogP contribution in [-0.2, 0) is 44.3 Å². The van der Waals surface area contributed by atoms with Gasteiger partial charge in [-0.1, -0.05) is 0 Å². The Morgan fingerprint density at radius 1 is 0.795 bits per heavy atom. The molecule has 12 nitrogen and oxygen atoms in total. The second-order valence-electron chi connectivity index (χ2n) is 10.1. The first-order valence-corrected chi connectivity index (χ1v) is 12.0. The average molecular weight is 542 g/mol. The number of hydrogen-bond donors (Lipinski definition) is 1. The molecule has 0 unspecified atom stereocenters. The average Bonchev–Trinajstić information content (AvgIpc) is 3.21. The molecular weight excluding hydrogens is 508 g/mol. The molecule has 0 radical (unpaired) electrons. The molecule has 2 aromatic carbocycles. The van der Waals surface area contributed by atoms with Gasteiger partial charge in [0.25, 0.3) is 4.92 Å².